The Bertz CT molecular complexity index is 270. The first-order valence-electron chi connectivity index (χ1n) is 4.44. The lowest BCUT2D eigenvalue weighted by Gasteiger charge is -2.32. The van der Waals surface area contributed by atoms with Crippen molar-refractivity contribution < 1.29 is 8.42 Å². The Hall–Kier alpha value is -0.170. The SMILES string of the molecule is CN(C)C(C)(C)CNS(=O)(=O)N(C)C. The van der Waals surface area contributed by atoms with E-state index >= 15 is 0 Å². The predicted molar refractivity (Wildman–Crippen MR) is 58.4 cm³/mol. The summed E-state index contributed by atoms with van der Waals surface area (Å²) in [6, 6.07) is 0. The van der Waals surface area contributed by atoms with Crippen molar-refractivity contribution in [3.63, 3.8) is 0 Å². The Morgan fingerprint density at radius 1 is 1.14 bits per heavy atom. The monoisotopic (exact) mass is 223 g/mol. The van der Waals surface area contributed by atoms with Crippen LogP contribution in [0.15, 0.2) is 0 Å². The van der Waals surface area contributed by atoms with Crippen molar-refractivity contribution in [1.82, 2.24) is 13.9 Å². The van der Waals surface area contributed by atoms with Crippen LogP contribution in [0.2, 0.25) is 0 Å². The number of hydrogen-bond donors (Lipinski definition) is 1. The molecule has 0 rings (SSSR count). The van der Waals surface area contributed by atoms with E-state index in [1.54, 1.807) is 0 Å². The third-order valence-electron chi connectivity index (χ3n) is 2.38. The van der Waals surface area contributed by atoms with Crippen molar-refractivity contribution in [2.45, 2.75) is 19.4 Å². The van der Waals surface area contributed by atoms with E-state index in [9.17, 15) is 8.42 Å². The molecular formula is C8H21N3O2S. The third kappa shape index (κ3) is 3.91. The van der Waals surface area contributed by atoms with Crippen LogP contribution in [0.1, 0.15) is 13.8 Å². The zero-order valence-corrected chi connectivity index (χ0v) is 10.6. The minimum absolute atomic E-state index is 0.191. The summed E-state index contributed by atoms with van der Waals surface area (Å²) in [7, 11) is 3.54. The Labute approximate surface area is 87.3 Å². The second-order valence-electron chi connectivity index (χ2n) is 4.32. The van der Waals surface area contributed by atoms with E-state index in [1.807, 2.05) is 32.8 Å². The molecule has 86 valence electrons. The lowest BCUT2D eigenvalue weighted by atomic mass is 10.1. The molecular weight excluding hydrogens is 202 g/mol. The molecule has 0 aromatic carbocycles. The van der Waals surface area contributed by atoms with Crippen molar-refractivity contribution in [1.29, 1.82) is 0 Å². The topological polar surface area (TPSA) is 52.7 Å². The van der Waals surface area contributed by atoms with Crippen LogP contribution in [0.3, 0.4) is 0 Å². The molecule has 0 aromatic heterocycles. The molecule has 6 heteroatoms. The number of rotatable bonds is 5. The molecule has 0 amide bonds. The van der Waals surface area contributed by atoms with Crippen molar-refractivity contribution in [3.05, 3.63) is 0 Å². The first-order valence-corrected chi connectivity index (χ1v) is 5.88. The minimum Gasteiger partial charge on any atom is -0.303 e. The van der Waals surface area contributed by atoms with Gasteiger partial charge in [0.2, 0.25) is 0 Å². The van der Waals surface area contributed by atoms with E-state index in [0.717, 1.165) is 0 Å². The van der Waals surface area contributed by atoms with Crippen LogP contribution in [0.4, 0.5) is 0 Å². The molecule has 0 unspecified atom stereocenters. The number of nitrogens with one attached hydrogen (secondary N) is 1. The quantitative estimate of drug-likeness (QED) is 0.697. The molecule has 0 fully saturated rings. The number of nitrogens with zero attached hydrogens (tertiary/aromatic N) is 2. The highest BCUT2D eigenvalue weighted by Crippen LogP contribution is 2.08. The fraction of sp³-hybridized carbons (Fsp3) is 1.00. The van der Waals surface area contributed by atoms with Gasteiger partial charge in [0.1, 0.15) is 0 Å². The van der Waals surface area contributed by atoms with Gasteiger partial charge in [-0.25, -0.2) is 4.72 Å². The zero-order chi connectivity index (χ0) is 11.6. The van der Waals surface area contributed by atoms with E-state index in [2.05, 4.69) is 4.72 Å². The standard InChI is InChI=1S/C8H21N3O2S/c1-8(2,10(3)4)7-9-14(12,13)11(5)6/h9H,7H2,1-6H3. The molecule has 1 N–H and O–H groups in total. The van der Waals surface area contributed by atoms with Crippen LogP contribution in [0.5, 0.6) is 0 Å². The Balaban J connectivity index is 4.34. The normalized spacial score (nSPS) is 14.0. The maximum atomic E-state index is 11.4. The maximum Gasteiger partial charge on any atom is 0.278 e. The highest BCUT2D eigenvalue weighted by Gasteiger charge is 2.23. The molecule has 0 radical (unpaired) electrons. The van der Waals surface area contributed by atoms with Crippen LogP contribution >= 0.6 is 0 Å². The average molecular weight is 223 g/mol. The second kappa shape index (κ2) is 4.57. The highest BCUT2D eigenvalue weighted by atomic mass is 32.2. The highest BCUT2D eigenvalue weighted by molar-refractivity contribution is 7.87. The summed E-state index contributed by atoms with van der Waals surface area (Å²) in [5.41, 5.74) is -0.191. The van der Waals surface area contributed by atoms with E-state index in [4.69, 9.17) is 0 Å². The molecule has 0 saturated heterocycles. The zero-order valence-electron chi connectivity index (χ0n) is 9.83. The Morgan fingerprint density at radius 2 is 1.57 bits per heavy atom. The molecule has 14 heavy (non-hydrogen) atoms. The van der Waals surface area contributed by atoms with Gasteiger partial charge in [0.15, 0.2) is 0 Å². The van der Waals surface area contributed by atoms with Gasteiger partial charge in [-0.2, -0.15) is 12.7 Å². The molecule has 0 heterocycles. The van der Waals surface area contributed by atoms with Crippen molar-refractivity contribution >= 4 is 10.2 Å². The minimum atomic E-state index is -3.31. The lowest BCUT2D eigenvalue weighted by molar-refractivity contribution is 0.198. The van der Waals surface area contributed by atoms with Gasteiger partial charge in [-0.3, -0.25) is 0 Å². The van der Waals surface area contributed by atoms with Gasteiger partial charge in [0.05, 0.1) is 0 Å². The van der Waals surface area contributed by atoms with Crippen LogP contribution in [-0.2, 0) is 10.2 Å². The predicted octanol–water partition coefficient (Wildman–Crippen LogP) is -0.277. The summed E-state index contributed by atoms with van der Waals surface area (Å²) in [5.74, 6) is 0. The van der Waals surface area contributed by atoms with Crippen LogP contribution < -0.4 is 4.72 Å². The maximum absolute atomic E-state index is 11.4. The Morgan fingerprint density at radius 3 is 1.86 bits per heavy atom. The van der Waals surface area contributed by atoms with Crippen LogP contribution in [0.25, 0.3) is 0 Å². The molecule has 0 saturated carbocycles. The fourth-order valence-corrected chi connectivity index (χ4v) is 1.35. The summed E-state index contributed by atoms with van der Waals surface area (Å²) in [6.45, 7) is 4.34. The first-order chi connectivity index (χ1) is 6.09. The van der Waals surface area contributed by atoms with E-state index < -0.39 is 10.2 Å². The largest absolute Gasteiger partial charge is 0.303 e. The molecule has 5 nitrogen and oxygen atoms in total. The fourth-order valence-electron chi connectivity index (χ4n) is 0.555. The average Bonchev–Trinajstić information content (AvgIpc) is 2.01. The van der Waals surface area contributed by atoms with Crippen LogP contribution in [-0.4, -0.2) is 57.9 Å². The summed E-state index contributed by atoms with van der Waals surface area (Å²) >= 11 is 0. The smallest absolute Gasteiger partial charge is 0.278 e. The summed E-state index contributed by atoms with van der Waals surface area (Å²) in [5, 5.41) is 0. The number of likely N-dealkylation sites (N-methyl/N-ethyl adjacent to an activating group) is 1. The van der Waals surface area contributed by atoms with Crippen LogP contribution in [0, 0.1) is 0 Å². The molecule has 0 aliphatic heterocycles. The summed E-state index contributed by atoms with van der Waals surface area (Å²) in [4.78, 5) is 1.98. The van der Waals surface area contributed by atoms with Crippen molar-refractivity contribution in [3.8, 4) is 0 Å². The number of hydrogen-bond acceptors (Lipinski definition) is 3. The van der Waals surface area contributed by atoms with Gasteiger partial charge in [0.25, 0.3) is 10.2 Å². The summed E-state index contributed by atoms with van der Waals surface area (Å²) < 4.78 is 26.5. The van der Waals surface area contributed by atoms with E-state index in [-0.39, 0.29) is 5.54 Å². The van der Waals surface area contributed by atoms with Crippen molar-refractivity contribution in [2.75, 3.05) is 34.7 Å². The second-order valence-corrected chi connectivity index (χ2v) is 6.28. The van der Waals surface area contributed by atoms with E-state index in [1.165, 1.54) is 18.4 Å². The Kier molecular flexibility index (Phi) is 4.51. The van der Waals surface area contributed by atoms with Gasteiger partial charge in [-0.15, -0.1) is 0 Å². The molecule has 0 spiro atoms. The molecule has 0 aliphatic carbocycles. The molecule has 0 bridgehead atoms. The molecule has 0 atom stereocenters. The first kappa shape index (κ1) is 13.8. The van der Waals surface area contributed by atoms with Gasteiger partial charge in [-0.1, -0.05) is 0 Å². The van der Waals surface area contributed by atoms with Gasteiger partial charge in [0, 0.05) is 26.2 Å². The van der Waals surface area contributed by atoms with Gasteiger partial charge >= 0.3 is 0 Å². The van der Waals surface area contributed by atoms with Gasteiger partial charge < -0.3 is 4.90 Å². The summed E-state index contributed by atoms with van der Waals surface area (Å²) in [6.07, 6.45) is 0. The molecule has 0 aliphatic rings. The van der Waals surface area contributed by atoms with Gasteiger partial charge in [-0.05, 0) is 27.9 Å². The lowest BCUT2D eigenvalue weighted by Crippen LogP contribution is -2.50. The van der Waals surface area contributed by atoms with E-state index in [0.29, 0.717) is 6.54 Å². The van der Waals surface area contributed by atoms with Crippen molar-refractivity contribution in [2.24, 2.45) is 0 Å². The third-order valence-corrected chi connectivity index (χ3v) is 3.85. The molecule has 0 aromatic rings.